The molecular formula is C30H47N3O2. The lowest BCUT2D eigenvalue weighted by Gasteiger charge is -2.54. The van der Waals surface area contributed by atoms with Crippen LogP contribution in [0.5, 0.6) is 0 Å². The molecule has 1 spiro atoms. The van der Waals surface area contributed by atoms with E-state index in [9.17, 15) is 9.90 Å². The highest BCUT2D eigenvalue weighted by molar-refractivity contribution is 5.79. The van der Waals surface area contributed by atoms with Crippen molar-refractivity contribution < 1.29 is 9.90 Å². The van der Waals surface area contributed by atoms with Crippen LogP contribution < -0.4 is 9.80 Å². The van der Waals surface area contributed by atoms with Crippen LogP contribution in [0.3, 0.4) is 0 Å². The van der Waals surface area contributed by atoms with Gasteiger partial charge in [0.25, 0.3) is 0 Å². The molecule has 0 aromatic heterocycles. The Balaban J connectivity index is 1.30. The molecule has 2 saturated carbocycles. The highest BCUT2D eigenvalue weighted by Gasteiger charge is 2.56. The predicted octanol–water partition coefficient (Wildman–Crippen LogP) is 5.81. The fourth-order valence-corrected chi connectivity index (χ4v) is 7.89. The summed E-state index contributed by atoms with van der Waals surface area (Å²) in [7, 11) is 0. The summed E-state index contributed by atoms with van der Waals surface area (Å²) in [6, 6.07) is 8.67. The number of anilines is 2. The number of likely N-dealkylation sites (tertiary alicyclic amines) is 1. The number of carbonyl (C=O) groups excluding carboxylic acids is 1. The van der Waals surface area contributed by atoms with E-state index in [0.29, 0.717) is 25.4 Å². The zero-order chi connectivity index (χ0) is 24.5. The second-order valence-corrected chi connectivity index (χ2v) is 12.3. The smallest absolute Gasteiger partial charge is 0.225 e. The van der Waals surface area contributed by atoms with Crippen molar-refractivity contribution in [1.82, 2.24) is 4.90 Å². The van der Waals surface area contributed by atoms with Crippen LogP contribution in [0, 0.1) is 17.3 Å². The van der Waals surface area contributed by atoms with Crippen molar-refractivity contribution in [3.8, 4) is 0 Å². The minimum Gasteiger partial charge on any atom is -0.387 e. The number of benzene rings is 1. The van der Waals surface area contributed by atoms with Crippen LogP contribution in [0.4, 0.5) is 11.4 Å². The number of para-hydroxylation sites is 2. The normalized spacial score (nSPS) is 27.5. The van der Waals surface area contributed by atoms with E-state index in [2.05, 4.69) is 52.8 Å². The number of β-amino-alcohol motifs (C(OH)–C–C–N with tert-alkyl or cyclic N) is 1. The molecule has 1 aromatic rings. The fourth-order valence-electron chi connectivity index (χ4n) is 7.89. The summed E-state index contributed by atoms with van der Waals surface area (Å²) in [5.74, 6) is 1.17. The first-order chi connectivity index (χ1) is 16.9. The summed E-state index contributed by atoms with van der Waals surface area (Å²) in [5.41, 5.74) is 1.63. The molecule has 5 heteroatoms. The highest BCUT2D eigenvalue weighted by Crippen LogP contribution is 2.52. The van der Waals surface area contributed by atoms with E-state index >= 15 is 0 Å². The first kappa shape index (κ1) is 24.9. The number of carbonyl (C=O) groups is 1. The van der Waals surface area contributed by atoms with E-state index in [1.165, 1.54) is 56.3 Å². The number of hydrogen-bond acceptors (Lipinski definition) is 4. The van der Waals surface area contributed by atoms with Crippen LogP contribution in [-0.2, 0) is 4.79 Å². The molecule has 1 amide bonds. The molecule has 4 aliphatic rings. The number of fused-ring (bicyclic) bond motifs is 1. The number of hydrogen-bond donors (Lipinski definition) is 1. The third-order valence-corrected chi connectivity index (χ3v) is 9.83. The summed E-state index contributed by atoms with van der Waals surface area (Å²) < 4.78 is 0. The Bertz CT molecular complexity index is 876. The number of rotatable bonds is 7. The molecule has 1 unspecified atom stereocenters. The van der Waals surface area contributed by atoms with Gasteiger partial charge in [-0.25, -0.2) is 0 Å². The van der Waals surface area contributed by atoms with Gasteiger partial charge in [0.15, 0.2) is 0 Å². The van der Waals surface area contributed by atoms with Crippen molar-refractivity contribution in [2.75, 3.05) is 42.6 Å². The van der Waals surface area contributed by atoms with Gasteiger partial charge in [0.1, 0.15) is 0 Å². The van der Waals surface area contributed by atoms with Crippen LogP contribution >= 0.6 is 0 Å². The van der Waals surface area contributed by atoms with Gasteiger partial charge in [-0.2, -0.15) is 0 Å². The summed E-state index contributed by atoms with van der Waals surface area (Å²) in [6.45, 7) is 8.39. The molecule has 5 rings (SSSR count). The van der Waals surface area contributed by atoms with Crippen LogP contribution in [0.25, 0.3) is 0 Å². The molecular weight excluding hydrogens is 434 g/mol. The number of nitrogens with zero attached hydrogens (tertiary/aromatic N) is 3. The first-order valence-electron chi connectivity index (χ1n) is 14.5. The molecule has 2 aliphatic heterocycles. The average Bonchev–Trinajstić information content (AvgIpc) is 3.48. The van der Waals surface area contributed by atoms with E-state index in [1.807, 2.05) is 0 Å². The molecule has 1 N–H and O–H groups in total. The summed E-state index contributed by atoms with van der Waals surface area (Å²) in [6.07, 6.45) is 13.9. The minimum atomic E-state index is -0.748. The molecule has 0 radical (unpaired) electrons. The number of piperidine rings is 1. The Morgan fingerprint density at radius 1 is 1.03 bits per heavy atom. The number of aliphatic hydroxyl groups is 1. The zero-order valence-electron chi connectivity index (χ0n) is 22.2. The van der Waals surface area contributed by atoms with Gasteiger partial charge in [0.2, 0.25) is 5.91 Å². The summed E-state index contributed by atoms with van der Waals surface area (Å²) in [4.78, 5) is 20.6. The summed E-state index contributed by atoms with van der Waals surface area (Å²) >= 11 is 0. The molecule has 2 atom stereocenters. The van der Waals surface area contributed by atoms with E-state index in [0.717, 1.165) is 51.4 Å². The third-order valence-electron chi connectivity index (χ3n) is 9.83. The molecule has 2 heterocycles. The van der Waals surface area contributed by atoms with Crippen LogP contribution in [-0.4, -0.2) is 54.4 Å². The topological polar surface area (TPSA) is 47.0 Å². The first-order valence-corrected chi connectivity index (χ1v) is 14.5. The average molecular weight is 482 g/mol. The van der Waals surface area contributed by atoms with Gasteiger partial charge in [-0.05, 0) is 50.2 Å². The predicted molar refractivity (Wildman–Crippen MR) is 144 cm³/mol. The molecule has 0 bridgehead atoms. The molecule has 35 heavy (non-hydrogen) atoms. The van der Waals surface area contributed by atoms with Crippen molar-refractivity contribution in [3.05, 3.63) is 24.3 Å². The lowest BCUT2D eigenvalue weighted by Crippen LogP contribution is -2.64. The van der Waals surface area contributed by atoms with Crippen LogP contribution in [0.15, 0.2) is 24.3 Å². The maximum Gasteiger partial charge on any atom is 0.225 e. The molecule has 3 fully saturated rings. The van der Waals surface area contributed by atoms with Gasteiger partial charge in [-0.1, -0.05) is 70.9 Å². The molecule has 1 aromatic carbocycles. The Morgan fingerprint density at radius 3 is 2.40 bits per heavy atom. The van der Waals surface area contributed by atoms with Crippen molar-refractivity contribution in [2.45, 2.75) is 96.5 Å². The van der Waals surface area contributed by atoms with E-state index in [1.54, 1.807) is 0 Å². The second-order valence-electron chi connectivity index (χ2n) is 12.3. The van der Waals surface area contributed by atoms with Crippen molar-refractivity contribution >= 4 is 17.3 Å². The Morgan fingerprint density at radius 2 is 1.71 bits per heavy atom. The van der Waals surface area contributed by atoms with Gasteiger partial charge < -0.3 is 19.8 Å². The van der Waals surface area contributed by atoms with E-state index in [4.69, 9.17) is 0 Å². The van der Waals surface area contributed by atoms with E-state index in [-0.39, 0.29) is 11.3 Å². The monoisotopic (exact) mass is 481 g/mol. The SMILES string of the molecule is CCCN1CN(CC2(O)CCN(C(=O)[C@H](C)CC3CCCCC3)CC23CCCC3)c2ccccc21. The van der Waals surface area contributed by atoms with Crippen LogP contribution in [0.1, 0.15) is 90.9 Å². The lowest BCUT2D eigenvalue weighted by molar-refractivity contribution is -0.157. The largest absolute Gasteiger partial charge is 0.387 e. The van der Waals surface area contributed by atoms with Crippen molar-refractivity contribution in [3.63, 3.8) is 0 Å². The van der Waals surface area contributed by atoms with Gasteiger partial charge in [-0.15, -0.1) is 0 Å². The van der Waals surface area contributed by atoms with Gasteiger partial charge in [0.05, 0.1) is 23.6 Å². The Labute approximate surface area is 212 Å². The standard InChI is InChI=1S/C30H47N3O2/c1-3-18-32-23-33(27-14-8-7-13-26(27)32)22-30(35)17-19-31(21-29(30)15-9-10-16-29)28(34)24(2)20-25-11-5-4-6-12-25/h7-8,13-14,24-25,35H,3-6,9-12,15-23H2,1-2H3/t24-,30?/m1/s1. The van der Waals surface area contributed by atoms with Gasteiger partial charge >= 0.3 is 0 Å². The third kappa shape index (κ3) is 4.82. The maximum atomic E-state index is 13.6. The molecule has 5 nitrogen and oxygen atoms in total. The fraction of sp³-hybridized carbons (Fsp3) is 0.767. The Hall–Kier alpha value is -1.75. The van der Waals surface area contributed by atoms with Gasteiger partial charge in [0, 0.05) is 37.5 Å². The van der Waals surface area contributed by atoms with E-state index < -0.39 is 5.60 Å². The lowest BCUT2D eigenvalue weighted by atomic mass is 9.65. The quantitative estimate of drug-likeness (QED) is 0.534. The second kappa shape index (κ2) is 10.3. The zero-order valence-corrected chi connectivity index (χ0v) is 22.2. The number of amides is 1. The Kier molecular flexibility index (Phi) is 7.35. The molecule has 194 valence electrons. The maximum absolute atomic E-state index is 13.6. The van der Waals surface area contributed by atoms with Crippen LogP contribution in [0.2, 0.25) is 0 Å². The molecule has 2 aliphatic carbocycles. The van der Waals surface area contributed by atoms with Gasteiger partial charge in [-0.3, -0.25) is 4.79 Å². The molecule has 1 saturated heterocycles. The van der Waals surface area contributed by atoms with Crippen molar-refractivity contribution in [2.24, 2.45) is 17.3 Å². The summed E-state index contributed by atoms with van der Waals surface area (Å²) in [5, 5.41) is 12.3. The highest BCUT2D eigenvalue weighted by atomic mass is 16.3. The van der Waals surface area contributed by atoms with Crippen molar-refractivity contribution in [1.29, 1.82) is 0 Å². The minimum absolute atomic E-state index is 0.107.